The Morgan fingerprint density at radius 3 is 0.710 bits per heavy atom. The Balaban J connectivity index is 1.18. The zero-order chi connectivity index (χ0) is 49.3. The van der Waals surface area contributed by atoms with Gasteiger partial charge in [0.1, 0.15) is 0 Å². The van der Waals surface area contributed by atoms with E-state index in [-0.39, 0.29) is 73.2 Å². The van der Waals surface area contributed by atoms with Crippen LogP contribution in [0.5, 0.6) is 0 Å². The largest absolute Gasteiger partial charge is 0.676 e. The summed E-state index contributed by atoms with van der Waals surface area (Å²) in [6.07, 6.45) is 20.6. The van der Waals surface area contributed by atoms with E-state index in [1.54, 1.807) is 0 Å². The summed E-state index contributed by atoms with van der Waals surface area (Å²) in [4.78, 5) is 32.7. The molecule has 0 spiro atoms. The maximum absolute atomic E-state index is 10.9. The first-order valence-electron chi connectivity index (χ1n) is 26.7. The monoisotopic (exact) mass is 1040 g/mol. The van der Waals surface area contributed by atoms with E-state index in [1.807, 2.05) is 0 Å². The molecule has 6 saturated carbocycles. The van der Waals surface area contributed by atoms with Crippen molar-refractivity contribution in [3.8, 4) is 0 Å². The summed E-state index contributed by atoms with van der Waals surface area (Å²) in [5.74, 6) is 0. The standard InChI is InChI=1S/C48H92O18Si3/c1-8-48(33-58-36-21-9-12-24-39(36)61-42-27-15-18-30-45(42)64-67(49,52-2)53-3,34-59-37-22-10-13-25-40(37)62-43-28-16-19-31-46(43)65-68(50,54-4)55-5)35-60-38-23-11-14-26-41(38)63-44-29-17-20-32-47(44)66-69(51,56-6)57-7/h36-47,49-51H,8-35H2,1-7H3. The molecule has 0 saturated heterocycles. The minimum absolute atomic E-state index is 0.137. The summed E-state index contributed by atoms with van der Waals surface area (Å²) in [6, 6.07) is 0. The van der Waals surface area contributed by atoms with Crippen molar-refractivity contribution >= 4 is 27.1 Å². The molecule has 404 valence electrons. The molecule has 12 atom stereocenters. The molecule has 6 rings (SSSR count). The molecule has 0 radical (unpaired) electrons. The smallest absolute Gasteiger partial charge is 0.375 e. The van der Waals surface area contributed by atoms with Crippen molar-refractivity contribution in [2.75, 3.05) is 62.5 Å². The molecule has 69 heavy (non-hydrogen) atoms. The Hall–Kier alpha value is -0.0694. The lowest BCUT2D eigenvalue weighted by Gasteiger charge is -2.43. The predicted molar refractivity (Wildman–Crippen MR) is 259 cm³/mol. The SMILES string of the molecule is CCC(COC1CCCCC1OC1CCCCC1O[Si](O)(OC)OC)(COC1CCCCC1OC1CCCCC1O[Si](O)(OC)OC)COC1CCCCC1OC1CCCCC1O[Si](O)(OC)OC. The molecule has 6 aliphatic rings. The minimum atomic E-state index is -3.78. The quantitative estimate of drug-likeness (QED) is 0.0711. The van der Waals surface area contributed by atoms with Crippen LogP contribution in [0.25, 0.3) is 0 Å². The summed E-state index contributed by atoms with van der Waals surface area (Å²) < 4.78 is 92.5. The van der Waals surface area contributed by atoms with Crippen LogP contribution in [0.15, 0.2) is 0 Å². The van der Waals surface area contributed by atoms with E-state index < -0.39 is 32.6 Å². The van der Waals surface area contributed by atoms with Crippen LogP contribution < -0.4 is 0 Å². The summed E-state index contributed by atoms with van der Waals surface area (Å²) in [5.41, 5.74) is -0.507. The lowest BCUT2D eigenvalue weighted by Crippen LogP contribution is -2.53. The van der Waals surface area contributed by atoms with Crippen LogP contribution in [0.2, 0.25) is 0 Å². The molecule has 3 N–H and O–H groups in total. The van der Waals surface area contributed by atoms with Gasteiger partial charge in [0.25, 0.3) is 0 Å². The van der Waals surface area contributed by atoms with Crippen LogP contribution >= 0.6 is 0 Å². The highest BCUT2D eigenvalue weighted by Crippen LogP contribution is 2.38. The average molecular weight is 1040 g/mol. The molecular formula is C48H92O18Si3. The van der Waals surface area contributed by atoms with Gasteiger partial charge < -0.3 is 82.6 Å². The Kier molecular flexibility index (Phi) is 24.2. The fourth-order valence-corrected chi connectivity index (χ4v) is 14.4. The van der Waals surface area contributed by atoms with Gasteiger partial charge in [0.2, 0.25) is 0 Å². The number of ether oxygens (including phenoxy) is 6. The van der Waals surface area contributed by atoms with Gasteiger partial charge in [-0.1, -0.05) is 84.0 Å². The van der Waals surface area contributed by atoms with Crippen molar-refractivity contribution in [2.24, 2.45) is 5.41 Å². The van der Waals surface area contributed by atoms with Gasteiger partial charge in [0.05, 0.1) is 93.1 Å². The van der Waals surface area contributed by atoms with Crippen molar-refractivity contribution in [1.82, 2.24) is 0 Å². The third-order valence-electron chi connectivity index (χ3n) is 15.9. The van der Waals surface area contributed by atoms with Gasteiger partial charge >= 0.3 is 27.1 Å². The van der Waals surface area contributed by atoms with Gasteiger partial charge in [0.15, 0.2) is 0 Å². The van der Waals surface area contributed by atoms with Crippen molar-refractivity contribution in [3.63, 3.8) is 0 Å². The molecule has 0 aliphatic heterocycles. The molecule has 0 aromatic carbocycles. The molecule has 0 bridgehead atoms. The van der Waals surface area contributed by atoms with Gasteiger partial charge in [0, 0.05) is 48.1 Å². The van der Waals surface area contributed by atoms with E-state index in [1.165, 1.54) is 42.7 Å². The average Bonchev–Trinajstić information content (AvgIpc) is 3.39. The molecule has 0 amide bonds. The second-order valence-electron chi connectivity index (χ2n) is 20.5. The zero-order valence-electron chi connectivity index (χ0n) is 43.2. The van der Waals surface area contributed by atoms with Crippen molar-refractivity contribution in [3.05, 3.63) is 0 Å². The molecule has 21 heteroatoms. The zero-order valence-corrected chi connectivity index (χ0v) is 46.2. The van der Waals surface area contributed by atoms with Crippen LogP contribution in [0.1, 0.15) is 167 Å². The molecule has 6 aliphatic carbocycles. The third kappa shape index (κ3) is 17.0. The van der Waals surface area contributed by atoms with E-state index in [2.05, 4.69) is 6.92 Å². The molecule has 6 fully saturated rings. The minimum Gasteiger partial charge on any atom is -0.375 e. The first-order valence-corrected chi connectivity index (χ1v) is 31.7. The lowest BCUT2D eigenvalue weighted by atomic mass is 9.86. The lowest BCUT2D eigenvalue weighted by molar-refractivity contribution is -0.200. The molecule has 18 nitrogen and oxygen atoms in total. The number of rotatable bonds is 28. The van der Waals surface area contributed by atoms with Crippen molar-refractivity contribution in [2.45, 2.75) is 241 Å². The molecule has 0 aromatic rings. The highest BCUT2D eigenvalue weighted by atomic mass is 28.4. The van der Waals surface area contributed by atoms with Gasteiger partial charge in [-0.2, -0.15) is 0 Å². The van der Waals surface area contributed by atoms with Crippen LogP contribution in [0.3, 0.4) is 0 Å². The second-order valence-corrected chi connectivity index (χ2v) is 26.8. The van der Waals surface area contributed by atoms with Gasteiger partial charge in [-0.05, 0) is 83.5 Å². The van der Waals surface area contributed by atoms with Gasteiger partial charge in [-0.15, -0.1) is 0 Å². The van der Waals surface area contributed by atoms with Crippen LogP contribution in [0.4, 0.5) is 0 Å². The van der Waals surface area contributed by atoms with E-state index in [4.69, 9.17) is 68.3 Å². The number of hydrogen-bond donors (Lipinski definition) is 3. The molecule has 12 unspecified atom stereocenters. The van der Waals surface area contributed by atoms with Gasteiger partial charge in [-0.25, -0.2) is 0 Å². The van der Waals surface area contributed by atoms with Crippen molar-refractivity contribution in [1.29, 1.82) is 0 Å². The van der Waals surface area contributed by atoms with E-state index in [9.17, 15) is 14.4 Å². The summed E-state index contributed by atoms with van der Waals surface area (Å²) in [5, 5.41) is 0. The van der Waals surface area contributed by atoms with Crippen LogP contribution in [-0.4, -0.2) is 177 Å². The summed E-state index contributed by atoms with van der Waals surface area (Å²) in [6.45, 7) is 3.46. The first kappa shape index (κ1) is 58.2. The van der Waals surface area contributed by atoms with Crippen molar-refractivity contribution < 1.29 is 82.6 Å². The normalized spacial score (nSPS) is 34.3. The van der Waals surface area contributed by atoms with Crippen LogP contribution in [0, 0.1) is 5.41 Å². The highest BCUT2D eigenvalue weighted by molar-refractivity contribution is 6.52. The van der Waals surface area contributed by atoms with E-state index in [0.717, 1.165) is 161 Å². The first-order chi connectivity index (χ1) is 33.3. The summed E-state index contributed by atoms with van der Waals surface area (Å²) >= 11 is 0. The van der Waals surface area contributed by atoms with E-state index in [0.29, 0.717) is 19.8 Å². The van der Waals surface area contributed by atoms with E-state index >= 15 is 0 Å². The summed E-state index contributed by atoms with van der Waals surface area (Å²) in [7, 11) is -2.82. The fraction of sp³-hybridized carbons (Fsp3) is 1.00. The predicted octanol–water partition coefficient (Wildman–Crippen LogP) is 6.56. The third-order valence-corrected chi connectivity index (χ3v) is 20.8. The molecule has 0 aromatic heterocycles. The van der Waals surface area contributed by atoms with Crippen LogP contribution in [-0.2, 0) is 68.3 Å². The molecule has 0 heterocycles. The number of hydrogen-bond acceptors (Lipinski definition) is 18. The maximum atomic E-state index is 10.9. The Labute approximate surface area is 417 Å². The topological polar surface area (TPSA) is 199 Å². The maximum Gasteiger partial charge on any atom is 0.676 e. The van der Waals surface area contributed by atoms with Gasteiger partial charge in [-0.3, -0.25) is 0 Å². The Morgan fingerprint density at radius 1 is 0.319 bits per heavy atom. The Morgan fingerprint density at radius 2 is 0.507 bits per heavy atom. The fourth-order valence-electron chi connectivity index (χ4n) is 11.4. The Bertz CT molecular complexity index is 1270. The molecular weight excluding hydrogens is 949 g/mol. The second kappa shape index (κ2) is 28.7. The highest BCUT2D eigenvalue weighted by Gasteiger charge is 2.49.